The van der Waals surface area contributed by atoms with Gasteiger partial charge >= 0.3 is 0 Å². The molecule has 0 spiro atoms. The maximum atomic E-state index is 13.5. The molecule has 6 heteroatoms. The van der Waals surface area contributed by atoms with Gasteiger partial charge in [0.15, 0.2) is 0 Å². The van der Waals surface area contributed by atoms with Crippen molar-refractivity contribution in [3.63, 3.8) is 0 Å². The summed E-state index contributed by atoms with van der Waals surface area (Å²) in [6, 6.07) is 4.81. The molecule has 0 aliphatic carbocycles. The molecule has 0 aliphatic heterocycles. The Morgan fingerprint density at radius 1 is 1.42 bits per heavy atom. The Morgan fingerprint density at radius 3 is 2.95 bits per heavy atom. The predicted molar refractivity (Wildman–Crippen MR) is 70.9 cm³/mol. The van der Waals surface area contributed by atoms with Crippen LogP contribution in [0.15, 0.2) is 27.8 Å². The van der Waals surface area contributed by atoms with Crippen LogP contribution in [0, 0.1) is 24.6 Å². The maximum absolute atomic E-state index is 13.5. The van der Waals surface area contributed by atoms with E-state index in [1.54, 1.807) is 19.1 Å². The number of nitrogens with two attached hydrogens (primary N) is 1. The summed E-state index contributed by atoms with van der Waals surface area (Å²) in [5.41, 5.74) is 6.56. The first-order chi connectivity index (χ1) is 9.19. The number of nitrogens with zero attached hydrogens (tertiary/aromatic N) is 2. The van der Waals surface area contributed by atoms with Crippen molar-refractivity contribution < 1.29 is 8.81 Å². The highest BCUT2D eigenvalue weighted by atomic mass is 32.2. The molecule has 98 valence electrons. The standard InChI is InChI=1S/C13H12FN3OS/c1-9-16-17-13(18-9)19-8-10-4-5-12(14)11(7-10)3-2-6-15/h4-5,7H,6,8,15H2,1H3. The normalized spacial score (nSPS) is 10.1. The third kappa shape index (κ3) is 3.81. The number of halogens is 1. The van der Waals surface area contributed by atoms with Crippen LogP contribution in [0.2, 0.25) is 0 Å². The lowest BCUT2D eigenvalue weighted by Gasteiger charge is -2.00. The highest BCUT2D eigenvalue weighted by molar-refractivity contribution is 7.98. The first-order valence-corrected chi connectivity index (χ1v) is 6.58. The van der Waals surface area contributed by atoms with E-state index < -0.39 is 0 Å². The van der Waals surface area contributed by atoms with Crippen molar-refractivity contribution in [2.75, 3.05) is 6.54 Å². The largest absolute Gasteiger partial charge is 0.416 e. The van der Waals surface area contributed by atoms with Crippen LogP contribution in [0.3, 0.4) is 0 Å². The lowest BCUT2D eigenvalue weighted by Crippen LogP contribution is -1.94. The summed E-state index contributed by atoms with van der Waals surface area (Å²) in [6.07, 6.45) is 0. The van der Waals surface area contributed by atoms with Gasteiger partial charge in [0, 0.05) is 12.7 Å². The molecule has 0 bridgehead atoms. The minimum Gasteiger partial charge on any atom is -0.416 e. The molecular weight excluding hydrogens is 265 g/mol. The topological polar surface area (TPSA) is 64.9 Å². The number of aryl methyl sites for hydroxylation is 1. The van der Waals surface area contributed by atoms with Gasteiger partial charge in [-0.05, 0) is 17.7 Å². The molecule has 0 aliphatic rings. The molecule has 0 fully saturated rings. The molecule has 2 N–H and O–H groups in total. The van der Waals surface area contributed by atoms with Crippen LogP contribution in [-0.4, -0.2) is 16.7 Å². The fourth-order valence-corrected chi connectivity index (χ4v) is 2.13. The number of hydrogen-bond donors (Lipinski definition) is 1. The third-order valence-electron chi connectivity index (χ3n) is 2.23. The van der Waals surface area contributed by atoms with Crippen LogP contribution in [0.5, 0.6) is 0 Å². The van der Waals surface area contributed by atoms with Crippen LogP contribution < -0.4 is 5.73 Å². The third-order valence-corrected chi connectivity index (χ3v) is 3.12. The van der Waals surface area contributed by atoms with Crippen molar-refractivity contribution in [1.29, 1.82) is 0 Å². The van der Waals surface area contributed by atoms with E-state index in [2.05, 4.69) is 22.0 Å². The van der Waals surface area contributed by atoms with Crippen molar-refractivity contribution >= 4 is 11.8 Å². The fraction of sp³-hybridized carbons (Fsp3) is 0.231. The second-order valence-electron chi connectivity index (χ2n) is 3.70. The molecule has 1 aromatic carbocycles. The van der Waals surface area contributed by atoms with Gasteiger partial charge in [0.05, 0.1) is 12.1 Å². The van der Waals surface area contributed by atoms with Gasteiger partial charge in [0.25, 0.3) is 5.22 Å². The first kappa shape index (κ1) is 13.6. The molecule has 0 amide bonds. The Bertz CT molecular complexity index is 630. The van der Waals surface area contributed by atoms with Crippen molar-refractivity contribution in [3.05, 3.63) is 41.0 Å². The van der Waals surface area contributed by atoms with Gasteiger partial charge in [-0.15, -0.1) is 10.2 Å². The van der Waals surface area contributed by atoms with Gasteiger partial charge in [0.2, 0.25) is 5.89 Å². The monoisotopic (exact) mass is 277 g/mol. The summed E-state index contributed by atoms with van der Waals surface area (Å²) in [7, 11) is 0. The van der Waals surface area contributed by atoms with E-state index in [4.69, 9.17) is 10.2 Å². The van der Waals surface area contributed by atoms with Crippen LogP contribution in [-0.2, 0) is 5.75 Å². The number of aromatic nitrogens is 2. The quantitative estimate of drug-likeness (QED) is 0.687. The van der Waals surface area contributed by atoms with Gasteiger partial charge in [-0.2, -0.15) is 0 Å². The first-order valence-electron chi connectivity index (χ1n) is 5.59. The summed E-state index contributed by atoms with van der Waals surface area (Å²) in [6.45, 7) is 1.94. The van der Waals surface area contributed by atoms with Crippen molar-refractivity contribution in [2.24, 2.45) is 5.73 Å². The molecule has 2 aromatic rings. The van der Waals surface area contributed by atoms with Crippen molar-refractivity contribution in [2.45, 2.75) is 17.9 Å². The van der Waals surface area contributed by atoms with Crippen LogP contribution in [0.25, 0.3) is 0 Å². The lowest BCUT2D eigenvalue weighted by atomic mass is 10.1. The highest BCUT2D eigenvalue weighted by Crippen LogP contribution is 2.22. The average molecular weight is 277 g/mol. The van der Waals surface area contributed by atoms with E-state index in [1.165, 1.54) is 17.8 Å². The zero-order chi connectivity index (χ0) is 13.7. The van der Waals surface area contributed by atoms with Gasteiger partial charge < -0.3 is 10.2 Å². The molecule has 0 radical (unpaired) electrons. The minimum atomic E-state index is -0.344. The molecule has 19 heavy (non-hydrogen) atoms. The summed E-state index contributed by atoms with van der Waals surface area (Å²) in [5.74, 6) is 6.13. The van der Waals surface area contributed by atoms with Crippen LogP contribution in [0.4, 0.5) is 4.39 Å². The minimum absolute atomic E-state index is 0.208. The van der Waals surface area contributed by atoms with Gasteiger partial charge in [0.1, 0.15) is 5.82 Å². The molecule has 2 rings (SSSR count). The summed E-state index contributed by atoms with van der Waals surface area (Å²) >= 11 is 1.40. The van der Waals surface area contributed by atoms with Crippen LogP contribution >= 0.6 is 11.8 Å². The van der Waals surface area contributed by atoms with Crippen molar-refractivity contribution in [3.8, 4) is 11.8 Å². The molecule has 0 atom stereocenters. The molecular formula is C13H12FN3OS. The lowest BCUT2D eigenvalue weighted by molar-refractivity contribution is 0.429. The van der Waals surface area contributed by atoms with E-state index in [9.17, 15) is 4.39 Å². The summed E-state index contributed by atoms with van der Waals surface area (Å²) in [4.78, 5) is 0. The molecule has 1 aromatic heterocycles. The molecule has 4 nitrogen and oxygen atoms in total. The van der Waals surface area contributed by atoms with E-state index in [0.29, 0.717) is 22.4 Å². The molecule has 1 heterocycles. The van der Waals surface area contributed by atoms with E-state index in [0.717, 1.165) is 5.56 Å². The maximum Gasteiger partial charge on any atom is 0.276 e. The number of rotatable bonds is 3. The number of benzene rings is 1. The van der Waals surface area contributed by atoms with Crippen LogP contribution in [0.1, 0.15) is 17.0 Å². The Morgan fingerprint density at radius 2 is 2.26 bits per heavy atom. The zero-order valence-corrected chi connectivity index (χ0v) is 11.1. The fourth-order valence-electron chi connectivity index (χ4n) is 1.39. The van der Waals surface area contributed by atoms with E-state index >= 15 is 0 Å². The zero-order valence-electron chi connectivity index (χ0n) is 10.3. The number of thioether (sulfide) groups is 1. The Balaban J connectivity index is 2.08. The SMILES string of the molecule is Cc1nnc(SCc2ccc(F)c(C#CCN)c2)o1. The van der Waals surface area contributed by atoms with Gasteiger partial charge in [-0.25, -0.2) is 4.39 Å². The molecule has 0 unspecified atom stereocenters. The summed E-state index contributed by atoms with van der Waals surface area (Å²) in [5, 5.41) is 8.11. The second-order valence-corrected chi connectivity index (χ2v) is 4.62. The highest BCUT2D eigenvalue weighted by Gasteiger charge is 2.05. The van der Waals surface area contributed by atoms with Gasteiger partial charge in [-0.1, -0.05) is 29.7 Å². The average Bonchev–Trinajstić information content (AvgIpc) is 2.82. The van der Waals surface area contributed by atoms with Crippen molar-refractivity contribution in [1.82, 2.24) is 10.2 Å². The Labute approximate surface area is 114 Å². The van der Waals surface area contributed by atoms with E-state index in [1.807, 2.05) is 0 Å². The molecule has 0 saturated carbocycles. The number of hydrogen-bond acceptors (Lipinski definition) is 5. The predicted octanol–water partition coefficient (Wildman–Crippen LogP) is 2.12. The van der Waals surface area contributed by atoms with Gasteiger partial charge in [-0.3, -0.25) is 0 Å². The Kier molecular flexibility index (Phi) is 4.55. The second kappa shape index (κ2) is 6.36. The summed E-state index contributed by atoms with van der Waals surface area (Å²) < 4.78 is 18.7. The van der Waals surface area contributed by atoms with E-state index in [-0.39, 0.29) is 12.4 Å². The smallest absolute Gasteiger partial charge is 0.276 e. The molecule has 0 saturated heterocycles. The Hall–Kier alpha value is -1.84.